The van der Waals surface area contributed by atoms with Crippen LogP contribution in [0.5, 0.6) is 5.75 Å². The van der Waals surface area contributed by atoms with Gasteiger partial charge in [-0.15, -0.1) is 0 Å². The molecule has 0 saturated heterocycles. The van der Waals surface area contributed by atoms with Crippen molar-refractivity contribution in [1.29, 1.82) is 0 Å². The summed E-state index contributed by atoms with van der Waals surface area (Å²) in [6.07, 6.45) is 0. The number of methoxy groups -OCH3 is 1. The highest BCUT2D eigenvalue weighted by Gasteiger charge is 2.29. The largest absolute Gasteiger partial charge is 0.497 e. The van der Waals surface area contributed by atoms with E-state index in [0.717, 1.165) is 10.8 Å². The van der Waals surface area contributed by atoms with Gasteiger partial charge in [0, 0.05) is 21.3 Å². The SMILES string of the molecule is COc1ccc2c(c1)c1ccccc1c(=O)n2C(C(=O)NC(C)(C)C)c1ccc(Cl)cc1. The van der Waals surface area contributed by atoms with Crippen LogP contribution in [-0.4, -0.2) is 23.1 Å². The smallest absolute Gasteiger partial charge is 0.259 e. The summed E-state index contributed by atoms with van der Waals surface area (Å²) in [6, 6.07) is 19.1. The summed E-state index contributed by atoms with van der Waals surface area (Å²) in [7, 11) is 1.60. The molecule has 0 radical (unpaired) electrons. The maximum absolute atomic E-state index is 13.8. The number of nitrogens with one attached hydrogen (secondary N) is 1. The third kappa shape index (κ3) is 4.08. The van der Waals surface area contributed by atoms with Crippen LogP contribution in [0.2, 0.25) is 5.02 Å². The minimum absolute atomic E-state index is 0.234. The fraction of sp³-hybridized carbons (Fsp3) is 0.231. The predicted octanol–water partition coefficient (Wildman–Crippen LogP) is 5.32. The molecule has 1 aromatic heterocycles. The van der Waals surface area contributed by atoms with Crippen molar-refractivity contribution < 1.29 is 9.53 Å². The van der Waals surface area contributed by atoms with Crippen LogP contribution in [0.4, 0.5) is 0 Å². The maximum atomic E-state index is 13.8. The van der Waals surface area contributed by atoms with Crippen LogP contribution in [0.3, 0.4) is 0 Å². The summed E-state index contributed by atoms with van der Waals surface area (Å²) < 4.78 is 7.00. The van der Waals surface area contributed by atoms with Crippen LogP contribution < -0.4 is 15.6 Å². The zero-order chi connectivity index (χ0) is 23.0. The van der Waals surface area contributed by atoms with Gasteiger partial charge in [-0.2, -0.15) is 0 Å². The van der Waals surface area contributed by atoms with E-state index >= 15 is 0 Å². The summed E-state index contributed by atoms with van der Waals surface area (Å²) >= 11 is 6.10. The quantitative estimate of drug-likeness (QED) is 0.430. The first-order valence-corrected chi connectivity index (χ1v) is 10.8. The van der Waals surface area contributed by atoms with E-state index in [0.29, 0.717) is 27.2 Å². The van der Waals surface area contributed by atoms with Crippen LogP contribution in [0, 0.1) is 0 Å². The Morgan fingerprint density at radius 3 is 2.25 bits per heavy atom. The molecule has 1 heterocycles. The van der Waals surface area contributed by atoms with E-state index in [1.165, 1.54) is 0 Å². The van der Waals surface area contributed by atoms with Gasteiger partial charge < -0.3 is 10.1 Å². The number of rotatable bonds is 4. The molecule has 4 rings (SSSR count). The second-order valence-corrected chi connectivity index (χ2v) is 9.23. The van der Waals surface area contributed by atoms with Crippen LogP contribution in [0.25, 0.3) is 21.7 Å². The highest BCUT2D eigenvalue weighted by molar-refractivity contribution is 6.30. The third-order valence-corrected chi connectivity index (χ3v) is 5.57. The number of benzene rings is 3. The normalized spacial score (nSPS) is 12.7. The average Bonchev–Trinajstić information content (AvgIpc) is 2.76. The van der Waals surface area contributed by atoms with Crippen molar-refractivity contribution in [1.82, 2.24) is 9.88 Å². The number of nitrogens with zero attached hydrogens (tertiary/aromatic N) is 1. The second-order valence-electron chi connectivity index (χ2n) is 8.80. The molecule has 1 amide bonds. The molecule has 0 aliphatic heterocycles. The minimum Gasteiger partial charge on any atom is -0.497 e. The maximum Gasteiger partial charge on any atom is 0.259 e. The van der Waals surface area contributed by atoms with Gasteiger partial charge in [0.15, 0.2) is 0 Å². The van der Waals surface area contributed by atoms with Crippen molar-refractivity contribution in [3.63, 3.8) is 0 Å². The number of fused-ring (bicyclic) bond motifs is 3. The van der Waals surface area contributed by atoms with Crippen molar-refractivity contribution in [2.75, 3.05) is 7.11 Å². The van der Waals surface area contributed by atoms with E-state index in [9.17, 15) is 9.59 Å². The van der Waals surface area contributed by atoms with Crippen molar-refractivity contribution >= 4 is 39.2 Å². The molecule has 4 aromatic rings. The summed E-state index contributed by atoms with van der Waals surface area (Å²) in [5.74, 6) is 0.407. The zero-order valence-electron chi connectivity index (χ0n) is 18.5. The molecule has 1 atom stereocenters. The van der Waals surface area contributed by atoms with Crippen molar-refractivity contribution in [3.05, 3.63) is 87.7 Å². The van der Waals surface area contributed by atoms with Crippen molar-refractivity contribution in [2.24, 2.45) is 0 Å². The van der Waals surface area contributed by atoms with Crippen LogP contribution in [0.15, 0.2) is 71.5 Å². The fourth-order valence-corrected chi connectivity index (χ4v) is 4.09. The molecule has 164 valence electrons. The van der Waals surface area contributed by atoms with E-state index < -0.39 is 11.6 Å². The highest BCUT2D eigenvalue weighted by atomic mass is 35.5. The number of amides is 1. The topological polar surface area (TPSA) is 60.3 Å². The summed E-state index contributed by atoms with van der Waals surface area (Å²) in [4.78, 5) is 27.3. The average molecular weight is 449 g/mol. The van der Waals surface area contributed by atoms with Gasteiger partial charge in [-0.25, -0.2) is 0 Å². The Labute approximate surface area is 191 Å². The molecule has 1 unspecified atom stereocenters. The van der Waals surface area contributed by atoms with Crippen LogP contribution in [-0.2, 0) is 4.79 Å². The van der Waals surface area contributed by atoms with Crippen LogP contribution in [0.1, 0.15) is 32.4 Å². The predicted molar refractivity (Wildman–Crippen MR) is 130 cm³/mol. The van der Waals surface area contributed by atoms with Crippen molar-refractivity contribution in [3.8, 4) is 5.75 Å². The molecule has 32 heavy (non-hydrogen) atoms. The van der Waals surface area contributed by atoms with Gasteiger partial charge in [-0.1, -0.05) is 41.9 Å². The Morgan fingerprint density at radius 1 is 0.969 bits per heavy atom. The van der Waals surface area contributed by atoms with Gasteiger partial charge in [-0.3, -0.25) is 14.2 Å². The molecule has 0 bridgehead atoms. The van der Waals surface area contributed by atoms with E-state index in [2.05, 4.69) is 5.32 Å². The summed E-state index contributed by atoms with van der Waals surface area (Å²) in [6.45, 7) is 5.74. The molecule has 0 spiro atoms. The standard InChI is InChI=1S/C26H25ClN2O3/c1-26(2,3)28-24(30)23(16-9-11-17(27)12-10-16)29-22-14-13-18(32-4)15-21(22)19-7-5-6-8-20(19)25(29)31/h5-15,23H,1-4H3,(H,28,30). The second kappa shape index (κ2) is 8.32. The first-order chi connectivity index (χ1) is 15.2. The molecule has 0 saturated carbocycles. The van der Waals surface area contributed by atoms with Crippen molar-refractivity contribution in [2.45, 2.75) is 32.4 Å². The lowest BCUT2D eigenvalue weighted by atomic mass is 10.00. The van der Waals surface area contributed by atoms with E-state index in [4.69, 9.17) is 16.3 Å². The fourth-order valence-electron chi connectivity index (χ4n) is 3.97. The Bertz CT molecular complexity index is 1370. The number of carbonyl (C=O) groups is 1. The number of hydrogen-bond donors (Lipinski definition) is 1. The van der Waals surface area contributed by atoms with Gasteiger partial charge >= 0.3 is 0 Å². The first kappa shape index (κ1) is 21.9. The van der Waals surface area contributed by atoms with Gasteiger partial charge in [0.05, 0.1) is 12.6 Å². The first-order valence-electron chi connectivity index (χ1n) is 10.4. The summed E-state index contributed by atoms with van der Waals surface area (Å²) in [5, 5.41) is 5.78. The molecule has 6 heteroatoms. The van der Waals surface area contributed by atoms with Gasteiger partial charge in [0.25, 0.3) is 5.56 Å². The molecular formula is C26H25ClN2O3. The Kier molecular flexibility index (Phi) is 5.70. The highest BCUT2D eigenvalue weighted by Crippen LogP contribution is 2.31. The lowest BCUT2D eigenvalue weighted by Gasteiger charge is -2.28. The van der Waals surface area contributed by atoms with E-state index in [-0.39, 0.29) is 11.5 Å². The number of halogens is 1. The molecule has 5 nitrogen and oxygen atoms in total. The Balaban J connectivity index is 2.09. The van der Waals surface area contributed by atoms with E-state index in [1.54, 1.807) is 48.1 Å². The third-order valence-electron chi connectivity index (χ3n) is 5.32. The Hall–Kier alpha value is -3.31. The number of aromatic nitrogens is 1. The number of carbonyl (C=O) groups excluding carboxylic acids is 1. The van der Waals surface area contributed by atoms with Gasteiger partial charge in [-0.05, 0) is 68.1 Å². The molecule has 0 aliphatic rings. The number of hydrogen-bond acceptors (Lipinski definition) is 3. The molecule has 1 N–H and O–H groups in total. The summed E-state index contributed by atoms with van der Waals surface area (Å²) in [5.41, 5.74) is 0.618. The minimum atomic E-state index is -0.875. The van der Waals surface area contributed by atoms with E-state index in [1.807, 2.05) is 51.1 Å². The molecular weight excluding hydrogens is 424 g/mol. The molecule has 0 aliphatic carbocycles. The lowest BCUT2D eigenvalue weighted by Crippen LogP contribution is -2.46. The molecule has 0 fully saturated rings. The number of pyridine rings is 1. The number of ether oxygens (including phenoxy) is 1. The van der Waals surface area contributed by atoms with Gasteiger partial charge in [0.2, 0.25) is 5.91 Å². The van der Waals surface area contributed by atoms with Crippen LogP contribution >= 0.6 is 11.6 Å². The molecule has 3 aromatic carbocycles. The monoisotopic (exact) mass is 448 g/mol. The lowest BCUT2D eigenvalue weighted by molar-refractivity contribution is -0.124. The Morgan fingerprint density at radius 2 is 1.62 bits per heavy atom. The zero-order valence-corrected chi connectivity index (χ0v) is 19.2. The van der Waals surface area contributed by atoms with Gasteiger partial charge in [0.1, 0.15) is 11.8 Å².